The summed E-state index contributed by atoms with van der Waals surface area (Å²) in [6, 6.07) is 9.80. The van der Waals surface area contributed by atoms with Crippen LogP contribution in [0.4, 0.5) is 0 Å². The molecule has 1 fully saturated rings. The average molecular weight is 274 g/mol. The Morgan fingerprint density at radius 2 is 2.30 bits per heavy atom. The number of nitrogens with zero attached hydrogens (tertiary/aromatic N) is 1. The van der Waals surface area contributed by atoms with Crippen molar-refractivity contribution < 1.29 is 9.84 Å². The van der Waals surface area contributed by atoms with Gasteiger partial charge in [0.2, 0.25) is 0 Å². The predicted molar refractivity (Wildman–Crippen MR) is 77.2 cm³/mol. The summed E-state index contributed by atoms with van der Waals surface area (Å²) < 4.78 is 5.81. The molecule has 1 aliphatic carbocycles. The van der Waals surface area contributed by atoms with Crippen molar-refractivity contribution in [2.45, 2.75) is 38.3 Å². The number of ether oxygens (including phenoxy) is 1. The van der Waals surface area contributed by atoms with Crippen molar-refractivity contribution in [3.8, 4) is 11.8 Å². The zero-order chi connectivity index (χ0) is 14.4. The molecule has 0 saturated heterocycles. The molecule has 0 aromatic heterocycles. The summed E-state index contributed by atoms with van der Waals surface area (Å²) in [4.78, 5) is 0. The molecule has 0 bridgehead atoms. The Bertz CT molecular complexity index is 480. The first-order valence-corrected chi connectivity index (χ1v) is 7.23. The lowest BCUT2D eigenvalue weighted by atomic mass is 9.96. The summed E-state index contributed by atoms with van der Waals surface area (Å²) in [5.41, 5.74) is 0.239. The average Bonchev–Trinajstić information content (AvgIpc) is 3.33. The fourth-order valence-electron chi connectivity index (χ4n) is 2.33. The van der Waals surface area contributed by atoms with E-state index in [-0.39, 0.29) is 6.61 Å². The molecule has 20 heavy (non-hydrogen) atoms. The van der Waals surface area contributed by atoms with Gasteiger partial charge in [-0.3, -0.25) is 5.32 Å². The molecule has 4 nitrogen and oxygen atoms in total. The smallest absolute Gasteiger partial charge is 0.143 e. The molecule has 4 heteroatoms. The van der Waals surface area contributed by atoms with Crippen LogP contribution in [-0.4, -0.2) is 23.8 Å². The fraction of sp³-hybridized carbons (Fsp3) is 0.562. The van der Waals surface area contributed by atoms with Crippen LogP contribution in [0.25, 0.3) is 0 Å². The number of nitriles is 1. The lowest BCUT2D eigenvalue weighted by Crippen LogP contribution is -2.51. The molecule has 2 rings (SSSR count). The van der Waals surface area contributed by atoms with Gasteiger partial charge in [-0.15, -0.1) is 0 Å². The van der Waals surface area contributed by atoms with Gasteiger partial charge in [-0.05, 0) is 49.4 Å². The highest BCUT2D eigenvalue weighted by Crippen LogP contribution is 2.39. The van der Waals surface area contributed by atoms with Gasteiger partial charge in [-0.2, -0.15) is 5.26 Å². The molecule has 1 aromatic carbocycles. The van der Waals surface area contributed by atoms with E-state index in [0.29, 0.717) is 18.3 Å². The van der Waals surface area contributed by atoms with Gasteiger partial charge in [0.25, 0.3) is 0 Å². The van der Waals surface area contributed by atoms with Gasteiger partial charge in [0.15, 0.2) is 0 Å². The van der Waals surface area contributed by atoms with E-state index in [4.69, 9.17) is 9.84 Å². The van der Waals surface area contributed by atoms with E-state index in [2.05, 4.69) is 18.3 Å². The number of rotatable bonds is 8. The minimum Gasteiger partial charge on any atom is -0.491 e. The zero-order valence-corrected chi connectivity index (χ0v) is 11.9. The van der Waals surface area contributed by atoms with E-state index in [9.17, 15) is 5.26 Å². The molecule has 1 atom stereocenters. The number of hydrogen-bond donors (Lipinski definition) is 2. The first kappa shape index (κ1) is 14.8. The number of hydrogen-bond acceptors (Lipinski definition) is 4. The van der Waals surface area contributed by atoms with E-state index in [1.54, 1.807) is 0 Å². The minimum absolute atomic E-state index is 0.00268. The lowest BCUT2D eigenvalue weighted by Gasteiger charge is -2.28. The molecular formula is C16H22N2O2. The third kappa shape index (κ3) is 3.50. The van der Waals surface area contributed by atoms with Gasteiger partial charge in [0, 0.05) is 0 Å². The van der Waals surface area contributed by atoms with Crippen LogP contribution in [0, 0.1) is 17.2 Å². The highest BCUT2D eigenvalue weighted by atomic mass is 16.5. The van der Waals surface area contributed by atoms with Gasteiger partial charge < -0.3 is 9.84 Å². The van der Waals surface area contributed by atoms with Crippen molar-refractivity contribution in [2.24, 2.45) is 5.92 Å². The number of nitrogens with one attached hydrogen (secondary N) is 1. The molecule has 1 saturated carbocycles. The van der Waals surface area contributed by atoms with Gasteiger partial charge in [0.1, 0.15) is 17.9 Å². The fourth-order valence-corrected chi connectivity index (χ4v) is 2.33. The molecule has 2 N–H and O–H groups in total. The minimum atomic E-state index is -0.578. The second-order valence-corrected chi connectivity index (χ2v) is 5.38. The summed E-state index contributed by atoms with van der Waals surface area (Å²) in [7, 11) is 0. The van der Waals surface area contributed by atoms with Crippen molar-refractivity contribution >= 4 is 0 Å². The lowest BCUT2D eigenvalue weighted by molar-refractivity contribution is 0.201. The van der Waals surface area contributed by atoms with Crippen LogP contribution >= 0.6 is 0 Å². The van der Waals surface area contributed by atoms with Crippen molar-refractivity contribution in [3.05, 3.63) is 29.8 Å². The molecule has 0 aliphatic heterocycles. The van der Waals surface area contributed by atoms with Gasteiger partial charge in [-0.1, -0.05) is 19.1 Å². The third-order valence-corrected chi connectivity index (χ3v) is 3.71. The summed E-state index contributed by atoms with van der Waals surface area (Å²) in [6.45, 7) is 3.26. The Morgan fingerprint density at radius 3 is 2.90 bits per heavy atom. The largest absolute Gasteiger partial charge is 0.491 e. The standard InChI is InChI=1S/C16H22N2O2/c1-2-8-18-16(11-17,14-6-7-14)12-20-15-5-3-4-13(9-15)10-19/h3-5,9,14,18-19H,2,6-8,10,12H2,1H3. The molecule has 0 amide bonds. The van der Waals surface area contributed by atoms with Crippen molar-refractivity contribution in [3.63, 3.8) is 0 Å². The normalized spacial score (nSPS) is 17.2. The highest BCUT2D eigenvalue weighted by molar-refractivity contribution is 5.28. The van der Waals surface area contributed by atoms with Gasteiger partial charge in [-0.25, -0.2) is 0 Å². The molecule has 1 aliphatic rings. The quantitative estimate of drug-likeness (QED) is 0.763. The Kier molecular flexibility index (Phi) is 4.99. The molecule has 1 unspecified atom stereocenters. The summed E-state index contributed by atoms with van der Waals surface area (Å²) >= 11 is 0. The summed E-state index contributed by atoms with van der Waals surface area (Å²) in [5.74, 6) is 1.09. The molecule has 0 heterocycles. The zero-order valence-electron chi connectivity index (χ0n) is 11.9. The number of aliphatic hydroxyl groups excluding tert-OH is 1. The summed E-state index contributed by atoms with van der Waals surface area (Å²) in [6.07, 6.45) is 3.17. The number of benzene rings is 1. The van der Waals surface area contributed by atoms with Crippen LogP contribution in [-0.2, 0) is 6.61 Å². The van der Waals surface area contributed by atoms with Crippen molar-refractivity contribution in [1.82, 2.24) is 5.32 Å². The van der Waals surface area contributed by atoms with Crippen LogP contribution in [0.5, 0.6) is 5.75 Å². The molecular weight excluding hydrogens is 252 g/mol. The maximum Gasteiger partial charge on any atom is 0.143 e. The molecule has 108 valence electrons. The van der Waals surface area contributed by atoms with Crippen LogP contribution < -0.4 is 10.1 Å². The Balaban J connectivity index is 2.02. The van der Waals surface area contributed by atoms with E-state index in [0.717, 1.165) is 31.4 Å². The monoisotopic (exact) mass is 274 g/mol. The second kappa shape index (κ2) is 6.74. The maximum atomic E-state index is 9.56. The van der Waals surface area contributed by atoms with Crippen molar-refractivity contribution in [2.75, 3.05) is 13.2 Å². The SMILES string of the molecule is CCCNC(C#N)(COc1cccc(CO)c1)C1CC1. The second-order valence-electron chi connectivity index (χ2n) is 5.38. The Morgan fingerprint density at radius 1 is 1.50 bits per heavy atom. The van der Waals surface area contributed by atoms with Crippen LogP contribution in [0.1, 0.15) is 31.7 Å². The van der Waals surface area contributed by atoms with E-state index in [1.165, 1.54) is 0 Å². The van der Waals surface area contributed by atoms with E-state index >= 15 is 0 Å². The predicted octanol–water partition coefficient (Wildman–Crippen LogP) is 2.23. The van der Waals surface area contributed by atoms with Crippen LogP contribution in [0.3, 0.4) is 0 Å². The first-order valence-electron chi connectivity index (χ1n) is 7.23. The van der Waals surface area contributed by atoms with Crippen LogP contribution in [0.15, 0.2) is 24.3 Å². The number of aliphatic hydroxyl groups is 1. The van der Waals surface area contributed by atoms with Gasteiger partial charge >= 0.3 is 0 Å². The van der Waals surface area contributed by atoms with E-state index < -0.39 is 5.54 Å². The Labute approximate surface area is 120 Å². The Hall–Kier alpha value is -1.57. The summed E-state index contributed by atoms with van der Waals surface area (Å²) in [5, 5.41) is 22.0. The highest BCUT2D eigenvalue weighted by Gasteiger charge is 2.46. The molecule has 0 spiro atoms. The topological polar surface area (TPSA) is 65.3 Å². The third-order valence-electron chi connectivity index (χ3n) is 3.71. The maximum absolute atomic E-state index is 9.56. The first-order chi connectivity index (χ1) is 9.74. The molecule has 1 aromatic rings. The molecule has 0 radical (unpaired) electrons. The van der Waals surface area contributed by atoms with Crippen LogP contribution in [0.2, 0.25) is 0 Å². The van der Waals surface area contributed by atoms with Gasteiger partial charge in [0.05, 0.1) is 12.7 Å². The van der Waals surface area contributed by atoms with Crippen molar-refractivity contribution in [1.29, 1.82) is 5.26 Å². The van der Waals surface area contributed by atoms with E-state index in [1.807, 2.05) is 24.3 Å².